The highest BCUT2D eigenvalue weighted by atomic mass is 32.2. The Bertz CT molecular complexity index is 680. The van der Waals surface area contributed by atoms with E-state index in [1.807, 2.05) is 44.2 Å². The smallest absolute Gasteiger partial charge is 0.260 e. The van der Waals surface area contributed by atoms with Gasteiger partial charge in [0.1, 0.15) is 5.82 Å². The molecule has 0 bridgehead atoms. The molecule has 0 radical (unpaired) electrons. The van der Waals surface area contributed by atoms with E-state index in [9.17, 15) is 8.42 Å². The van der Waals surface area contributed by atoms with Gasteiger partial charge in [-0.2, -0.15) is 4.31 Å². The number of rotatable bonds is 8. The van der Waals surface area contributed by atoms with Crippen molar-refractivity contribution in [1.82, 2.24) is 14.3 Å². The van der Waals surface area contributed by atoms with Gasteiger partial charge in [0.15, 0.2) is 5.03 Å². The molecule has 2 aromatic rings. The molecular formula is C16H23N3O2S. The average Bonchev–Trinajstić information content (AvgIpc) is 3.02. The molecule has 1 aromatic heterocycles. The van der Waals surface area contributed by atoms with E-state index in [4.69, 9.17) is 0 Å². The number of aryl methyl sites for hydroxylation is 1. The van der Waals surface area contributed by atoms with Crippen molar-refractivity contribution in [3.63, 3.8) is 0 Å². The summed E-state index contributed by atoms with van der Waals surface area (Å²) < 4.78 is 27.0. The summed E-state index contributed by atoms with van der Waals surface area (Å²) in [4.78, 5) is 7.00. The van der Waals surface area contributed by atoms with Gasteiger partial charge >= 0.3 is 0 Å². The first-order valence-electron chi connectivity index (χ1n) is 7.65. The Labute approximate surface area is 132 Å². The molecule has 5 nitrogen and oxygen atoms in total. The second kappa shape index (κ2) is 7.56. The van der Waals surface area contributed by atoms with Crippen molar-refractivity contribution in [3.05, 3.63) is 47.9 Å². The summed E-state index contributed by atoms with van der Waals surface area (Å²) in [6.07, 6.45) is 3.59. The van der Waals surface area contributed by atoms with Crippen molar-refractivity contribution in [2.24, 2.45) is 0 Å². The molecule has 0 aliphatic heterocycles. The standard InChI is InChI=1S/C16H23N3O2S/c1-3-11-19(12-10-14-8-6-5-7-9-14)22(20,21)16-13-17-15(4-2)18-16/h5-9,13H,3-4,10-12H2,1-2H3,(H,17,18). The number of hydrogen-bond donors (Lipinski definition) is 1. The van der Waals surface area contributed by atoms with E-state index in [2.05, 4.69) is 9.97 Å². The Kier molecular flexibility index (Phi) is 5.74. The Morgan fingerprint density at radius 2 is 1.86 bits per heavy atom. The minimum Gasteiger partial charge on any atom is -0.332 e. The van der Waals surface area contributed by atoms with Gasteiger partial charge < -0.3 is 4.98 Å². The lowest BCUT2D eigenvalue weighted by molar-refractivity contribution is 0.412. The van der Waals surface area contributed by atoms with Crippen LogP contribution in [-0.2, 0) is 22.9 Å². The third-order valence-electron chi connectivity index (χ3n) is 3.52. The third-order valence-corrected chi connectivity index (χ3v) is 5.33. The van der Waals surface area contributed by atoms with Crippen LogP contribution in [0.5, 0.6) is 0 Å². The van der Waals surface area contributed by atoms with E-state index in [1.165, 1.54) is 10.5 Å². The number of H-pyrrole nitrogens is 1. The van der Waals surface area contributed by atoms with E-state index in [-0.39, 0.29) is 5.03 Å². The quantitative estimate of drug-likeness (QED) is 0.813. The van der Waals surface area contributed by atoms with Crippen molar-refractivity contribution in [2.75, 3.05) is 13.1 Å². The van der Waals surface area contributed by atoms with Gasteiger partial charge in [0.25, 0.3) is 10.0 Å². The predicted molar refractivity (Wildman–Crippen MR) is 87.2 cm³/mol. The minimum absolute atomic E-state index is 0.186. The largest absolute Gasteiger partial charge is 0.332 e. The summed E-state index contributed by atoms with van der Waals surface area (Å²) >= 11 is 0. The zero-order valence-corrected chi connectivity index (χ0v) is 13.9. The highest BCUT2D eigenvalue weighted by Crippen LogP contribution is 2.15. The molecule has 0 spiro atoms. The fraction of sp³-hybridized carbons (Fsp3) is 0.438. The SMILES string of the molecule is CCCN(CCc1ccccc1)S(=O)(=O)c1cnc(CC)[nH]1. The molecule has 0 aliphatic rings. The summed E-state index contributed by atoms with van der Waals surface area (Å²) in [5, 5.41) is 0.186. The van der Waals surface area contributed by atoms with Crippen LogP contribution in [0.25, 0.3) is 0 Å². The van der Waals surface area contributed by atoms with Crippen LogP contribution in [-0.4, -0.2) is 35.8 Å². The zero-order valence-electron chi connectivity index (χ0n) is 13.1. The van der Waals surface area contributed by atoms with Gasteiger partial charge in [-0.15, -0.1) is 0 Å². The van der Waals surface area contributed by atoms with E-state index < -0.39 is 10.0 Å². The van der Waals surface area contributed by atoms with Crippen LogP contribution in [0.15, 0.2) is 41.6 Å². The Hall–Kier alpha value is -1.66. The van der Waals surface area contributed by atoms with Gasteiger partial charge in [0, 0.05) is 19.5 Å². The first kappa shape index (κ1) is 16.7. The second-order valence-electron chi connectivity index (χ2n) is 5.19. The number of sulfonamides is 1. The van der Waals surface area contributed by atoms with Crippen LogP contribution < -0.4 is 0 Å². The maximum Gasteiger partial charge on any atom is 0.260 e. The van der Waals surface area contributed by atoms with Crippen LogP contribution in [0.4, 0.5) is 0 Å². The van der Waals surface area contributed by atoms with Gasteiger partial charge in [-0.05, 0) is 18.4 Å². The highest BCUT2D eigenvalue weighted by Gasteiger charge is 2.25. The number of aromatic amines is 1. The van der Waals surface area contributed by atoms with Crippen molar-refractivity contribution < 1.29 is 8.42 Å². The Morgan fingerprint density at radius 3 is 2.45 bits per heavy atom. The summed E-state index contributed by atoms with van der Waals surface area (Å²) in [6, 6.07) is 9.93. The van der Waals surface area contributed by atoms with E-state index in [1.54, 1.807) is 0 Å². The number of benzene rings is 1. The zero-order chi connectivity index (χ0) is 16.0. The monoisotopic (exact) mass is 321 g/mol. The summed E-state index contributed by atoms with van der Waals surface area (Å²) in [7, 11) is -3.51. The van der Waals surface area contributed by atoms with E-state index >= 15 is 0 Å². The van der Waals surface area contributed by atoms with Crippen molar-refractivity contribution >= 4 is 10.0 Å². The van der Waals surface area contributed by atoms with Crippen LogP contribution >= 0.6 is 0 Å². The lowest BCUT2D eigenvalue weighted by atomic mass is 10.1. The van der Waals surface area contributed by atoms with Crippen molar-refractivity contribution in [3.8, 4) is 0 Å². The van der Waals surface area contributed by atoms with Gasteiger partial charge in [-0.25, -0.2) is 13.4 Å². The first-order chi connectivity index (χ1) is 10.6. The number of nitrogens with one attached hydrogen (secondary N) is 1. The minimum atomic E-state index is -3.51. The van der Waals surface area contributed by atoms with Crippen LogP contribution in [0.3, 0.4) is 0 Å². The van der Waals surface area contributed by atoms with Gasteiger partial charge in [-0.3, -0.25) is 0 Å². The number of aromatic nitrogens is 2. The molecule has 120 valence electrons. The lowest BCUT2D eigenvalue weighted by Crippen LogP contribution is -2.34. The van der Waals surface area contributed by atoms with Crippen LogP contribution in [0.1, 0.15) is 31.7 Å². The summed E-state index contributed by atoms with van der Waals surface area (Å²) in [5.41, 5.74) is 1.14. The van der Waals surface area contributed by atoms with Crippen molar-refractivity contribution in [1.29, 1.82) is 0 Å². The molecule has 0 saturated heterocycles. The molecule has 0 atom stereocenters. The molecule has 0 amide bonds. The summed E-state index contributed by atoms with van der Waals surface area (Å²) in [6.45, 7) is 4.90. The van der Waals surface area contributed by atoms with E-state index in [0.717, 1.165) is 12.0 Å². The number of nitrogens with zero attached hydrogens (tertiary/aromatic N) is 2. The van der Waals surface area contributed by atoms with Gasteiger partial charge in [0.05, 0.1) is 6.20 Å². The highest BCUT2D eigenvalue weighted by molar-refractivity contribution is 7.89. The Morgan fingerprint density at radius 1 is 1.14 bits per heavy atom. The maximum absolute atomic E-state index is 12.7. The number of hydrogen-bond acceptors (Lipinski definition) is 3. The molecule has 0 saturated carbocycles. The molecule has 0 unspecified atom stereocenters. The molecule has 1 heterocycles. The first-order valence-corrected chi connectivity index (χ1v) is 9.10. The molecule has 1 N–H and O–H groups in total. The molecule has 0 fully saturated rings. The molecule has 2 rings (SSSR count). The lowest BCUT2D eigenvalue weighted by Gasteiger charge is -2.20. The molecule has 22 heavy (non-hydrogen) atoms. The topological polar surface area (TPSA) is 66.1 Å². The molecule has 6 heteroatoms. The third kappa shape index (κ3) is 3.96. The number of imidazole rings is 1. The van der Waals surface area contributed by atoms with E-state index in [0.29, 0.717) is 31.8 Å². The van der Waals surface area contributed by atoms with Crippen LogP contribution in [0.2, 0.25) is 0 Å². The van der Waals surface area contributed by atoms with Gasteiger partial charge in [0.2, 0.25) is 0 Å². The predicted octanol–water partition coefficient (Wildman–Crippen LogP) is 2.62. The Balaban J connectivity index is 2.15. The van der Waals surface area contributed by atoms with Crippen LogP contribution in [0, 0.1) is 0 Å². The second-order valence-corrected chi connectivity index (χ2v) is 7.09. The van der Waals surface area contributed by atoms with Gasteiger partial charge in [-0.1, -0.05) is 44.2 Å². The summed E-state index contributed by atoms with van der Waals surface area (Å²) in [5.74, 6) is 0.693. The fourth-order valence-electron chi connectivity index (χ4n) is 2.29. The molecular weight excluding hydrogens is 298 g/mol. The van der Waals surface area contributed by atoms with Crippen molar-refractivity contribution in [2.45, 2.75) is 38.1 Å². The average molecular weight is 321 g/mol. The normalized spacial score (nSPS) is 12.0. The maximum atomic E-state index is 12.7. The molecule has 1 aromatic carbocycles. The fourth-order valence-corrected chi connectivity index (χ4v) is 3.76. The molecule has 0 aliphatic carbocycles.